The van der Waals surface area contributed by atoms with Crippen LogP contribution in [0, 0.1) is 5.82 Å². The number of hydrogen-bond donors (Lipinski definition) is 3. The van der Waals surface area contributed by atoms with Gasteiger partial charge in [-0.25, -0.2) is 9.37 Å². The second kappa shape index (κ2) is 7.00. The Morgan fingerprint density at radius 2 is 1.74 bits per heavy atom. The largest absolute Gasteiger partial charge is 0.360 e. The highest BCUT2D eigenvalue weighted by molar-refractivity contribution is 7.13. The Bertz CT molecular complexity index is 1150. The molecule has 0 aliphatic rings. The topological polar surface area (TPSA) is 86.9 Å². The molecule has 0 saturated heterocycles. The summed E-state index contributed by atoms with van der Waals surface area (Å²) in [6, 6.07) is 13.5. The molecule has 3 N–H and O–H groups in total. The van der Waals surface area contributed by atoms with Crippen LogP contribution in [0.3, 0.4) is 0 Å². The summed E-state index contributed by atoms with van der Waals surface area (Å²) in [6.45, 7) is 0. The number of aromatic nitrogens is 2. The van der Waals surface area contributed by atoms with Crippen molar-refractivity contribution < 1.29 is 14.0 Å². The zero-order chi connectivity index (χ0) is 18.8. The van der Waals surface area contributed by atoms with E-state index in [9.17, 15) is 14.0 Å². The zero-order valence-electron chi connectivity index (χ0n) is 13.8. The first-order valence-corrected chi connectivity index (χ1v) is 8.88. The Morgan fingerprint density at radius 3 is 2.59 bits per heavy atom. The standard InChI is InChI=1S/C19H13FN4O2S/c20-14-7-3-1-6-12(14)19-22-16(10-27-19)18(26)24-23-17(25)13-9-21-15-8-4-2-5-11(13)15/h1-10,21H,(H,23,25)(H,24,26). The van der Waals surface area contributed by atoms with Crippen LogP contribution in [0.15, 0.2) is 60.1 Å². The first-order valence-electron chi connectivity index (χ1n) is 8.00. The quantitative estimate of drug-likeness (QED) is 0.476. The van der Waals surface area contributed by atoms with Crippen molar-refractivity contribution in [3.63, 3.8) is 0 Å². The van der Waals surface area contributed by atoms with Crippen LogP contribution < -0.4 is 10.9 Å². The SMILES string of the molecule is O=C(NNC(=O)c1c[nH]c2ccccc12)c1csc(-c2ccccc2F)n1. The summed E-state index contributed by atoms with van der Waals surface area (Å²) in [4.78, 5) is 31.7. The van der Waals surface area contributed by atoms with Crippen LogP contribution in [-0.2, 0) is 0 Å². The van der Waals surface area contributed by atoms with Crippen LogP contribution in [0.1, 0.15) is 20.8 Å². The van der Waals surface area contributed by atoms with Crippen LogP contribution in [-0.4, -0.2) is 21.8 Å². The van der Waals surface area contributed by atoms with Crippen molar-refractivity contribution in [2.75, 3.05) is 0 Å². The molecule has 0 atom stereocenters. The first-order chi connectivity index (χ1) is 13.1. The minimum Gasteiger partial charge on any atom is -0.360 e. The first kappa shape index (κ1) is 16.9. The lowest BCUT2D eigenvalue weighted by molar-refractivity contribution is 0.0845. The van der Waals surface area contributed by atoms with Crippen LogP contribution in [0.5, 0.6) is 0 Å². The molecule has 0 saturated carbocycles. The number of fused-ring (bicyclic) bond motifs is 1. The van der Waals surface area contributed by atoms with Crippen LogP contribution in [0.2, 0.25) is 0 Å². The molecule has 27 heavy (non-hydrogen) atoms. The number of carbonyl (C=O) groups excluding carboxylic acids is 2. The predicted octanol–water partition coefficient (Wildman–Crippen LogP) is 3.51. The summed E-state index contributed by atoms with van der Waals surface area (Å²) < 4.78 is 13.8. The van der Waals surface area contributed by atoms with Crippen molar-refractivity contribution in [2.24, 2.45) is 0 Å². The molecule has 134 valence electrons. The molecule has 2 aromatic carbocycles. The Hall–Kier alpha value is -3.52. The highest BCUT2D eigenvalue weighted by Crippen LogP contribution is 2.26. The number of H-pyrrole nitrogens is 1. The number of thiazole rings is 1. The normalized spacial score (nSPS) is 10.7. The summed E-state index contributed by atoms with van der Waals surface area (Å²) in [5.74, 6) is -1.45. The van der Waals surface area contributed by atoms with Gasteiger partial charge in [-0.2, -0.15) is 0 Å². The number of aromatic amines is 1. The maximum atomic E-state index is 13.8. The lowest BCUT2D eigenvalue weighted by atomic mass is 10.2. The van der Waals surface area contributed by atoms with Gasteiger partial charge in [0.15, 0.2) is 0 Å². The molecule has 0 spiro atoms. The number of halogens is 1. The van der Waals surface area contributed by atoms with Gasteiger partial charge in [-0.1, -0.05) is 30.3 Å². The number of hydrogen-bond acceptors (Lipinski definition) is 4. The van der Waals surface area contributed by atoms with E-state index in [1.807, 2.05) is 24.3 Å². The summed E-state index contributed by atoms with van der Waals surface area (Å²) in [5, 5.41) is 2.65. The molecule has 4 rings (SSSR count). The number of carbonyl (C=O) groups is 2. The number of nitrogens with one attached hydrogen (secondary N) is 3. The molecule has 2 heterocycles. The van der Waals surface area contributed by atoms with Gasteiger partial charge < -0.3 is 4.98 Å². The maximum absolute atomic E-state index is 13.8. The van der Waals surface area contributed by atoms with Crippen molar-refractivity contribution in [3.05, 3.63) is 77.2 Å². The molecular weight excluding hydrogens is 367 g/mol. The van der Waals surface area contributed by atoms with Crippen molar-refractivity contribution in [2.45, 2.75) is 0 Å². The van der Waals surface area contributed by atoms with Crippen molar-refractivity contribution in [3.8, 4) is 10.6 Å². The fraction of sp³-hybridized carbons (Fsp3) is 0. The Kier molecular flexibility index (Phi) is 4.39. The molecule has 0 aliphatic carbocycles. The minimum atomic E-state index is -0.581. The summed E-state index contributed by atoms with van der Waals surface area (Å²) in [5.41, 5.74) is 6.35. The van der Waals surface area contributed by atoms with E-state index in [-0.39, 0.29) is 5.69 Å². The Labute approximate surface area is 157 Å². The van der Waals surface area contributed by atoms with Gasteiger partial charge in [0.05, 0.1) is 5.56 Å². The molecule has 0 unspecified atom stereocenters. The number of hydrazine groups is 1. The lowest BCUT2D eigenvalue weighted by Crippen LogP contribution is -2.41. The monoisotopic (exact) mass is 380 g/mol. The van der Waals surface area contributed by atoms with Gasteiger partial charge in [0, 0.05) is 28.0 Å². The summed E-state index contributed by atoms with van der Waals surface area (Å²) >= 11 is 1.15. The second-order valence-corrected chi connectivity index (χ2v) is 6.53. The van der Waals surface area contributed by atoms with Gasteiger partial charge in [-0.3, -0.25) is 20.4 Å². The van der Waals surface area contributed by atoms with E-state index in [0.717, 1.165) is 22.2 Å². The fourth-order valence-electron chi connectivity index (χ4n) is 2.64. The van der Waals surface area contributed by atoms with Crippen LogP contribution in [0.25, 0.3) is 21.5 Å². The van der Waals surface area contributed by atoms with E-state index >= 15 is 0 Å². The average Bonchev–Trinajstić information content (AvgIpc) is 3.33. The third kappa shape index (κ3) is 3.30. The number of amides is 2. The number of nitrogens with zero attached hydrogens (tertiary/aromatic N) is 1. The Balaban J connectivity index is 1.46. The molecule has 4 aromatic rings. The molecule has 0 bridgehead atoms. The second-order valence-electron chi connectivity index (χ2n) is 5.67. The van der Waals surface area contributed by atoms with Crippen LogP contribution >= 0.6 is 11.3 Å². The van der Waals surface area contributed by atoms with E-state index in [0.29, 0.717) is 16.1 Å². The summed E-state index contributed by atoms with van der Waals surface area (Å²) in [6.07, 6.45) is 1.57. The smallest absolute Gasteiger partial charge is 0.289 e. The highest BCUT2D eigenvalue weighted by atomic mass is 32.1. The van der Waals surface area contributed by atoms with E-state index in [1.54, 1.807) is 24.4 Å². The Morgan fingerprint density at radius 1 is 1.00 bits per heavy atom. The summed E-state index contributed by atoms with van der Waals surface area (Å²) in [7, 11) is 0. The predicted molar refractivity (Wildman–Crippen MR) is 101 cm³/mol. The van der Waals surface area contributed by atoms with Gasteiger partial charge in [-0.05, 0) is 18.2 Å². The van der Waals surface area contributed by atoms with Crippen molar-refractivity contribution in [1.82, 2.24) is 20.8 Å². The highest BCUT2D eigenvalue weighted by Gasteiger charge is 2.16. The van der Waals surface area contributed by atoms with Crippen LogP contribution in [0.4, 0.5) is 4.39 Å². The molecule has 2 amide bonds. The van der Waals surface area contributed by atoms with E-state index in [4.69, 9.17) is 0 Å². The molecule has 8 heteroatoms. The van der Waals surface area contributed by atoms with Gasteiger partial charge >= 0.3 is 0 Å². The minimum absolute atomic E-state index is 0.0949. The lowest BCUT2D eigenvalue weighted by Gasteiger charge is -2.05. The van der Waals surface area contributed by atoms with Gasteiger partial charge in [-0.15, -0.1) is 11.3 Å². The zero-order valence-corrected chi connectivity index (χ0v) is 14.6. The van der Waals surface area contributed by atoms with Crippen molar-refractivity contribution >= 4 is 34.1 Å². The third-order valence-corrected chi connectivity index (χ3v) is 4.84. The van der Waals surface area contributed by atoms with Gasteiger partial charge in [0.25, 0.3) is 11.8 Å². The van der Waals surface area contributed by atoms with E-state index < -0.39 is 17.6 Å². The molecule has 0 radical (unpaired) electrons. The molecule has 0 aliphatic heterocycles. The maximum Gasteiger partial charge on any atom is 0.289 e. The molecule has 0 fully saturated rings. The average molecular weight is 380 g/mol. The van der Waals surface area contributed by atoms with Gasteiger partial charge in [0.1, 0.15) is 16.5 Å². The van der Waals surface area contributed by atoms with Crippen molar-refractivity contribution in [1.29, 1.82) is 0 Å². The van der Waals surface area contributed by atoms with Gasteiger partial charge in [0.2, 0.25) is 0 Å². The fourth-order valence-corrected chi connectivity index (χ4v) is 3.47. The number of rotatable bonds is 3. The molecular formula is C19H13FN4O2S. The van der Waals surface area contributed by atoms with E-state index in [2.05, 4.69) is 20.8 Å². The van der Waals surface area contributed by atoms with E-state index in [1.165, 1.54) is 11.4 Å². The molecule has 2 aromatic heterocycles. The molecule has 6 nitrogen and oxygen atoms in total. The number of benzene rings is 2. The third-order valence-electron chi connectivity index (χ3n) is 3.96. The number of para-hydroxylation sites is 1.